The van der Waals surface area contributed by atoms with Crippen molar-refractivity contribution in [2.24, 2.45) is 0 Å². The Bertz CT molecular complexity index is 672. The van der Waals surface area contributed by atoms with Crippen LogP contribution in [0.4, 0.5) is 5.69 Å². The van der Waals surface area contributed by atoms with Crippen LogP contribution in [0.2, 0.25) is 0 Å². The number of thiophene rings is 1. The second kappa shape index (κ2) is 5.64. The van der Waals surface area contributed by atoms with Crippen molar-refractivity contribution in [3.05, 3.63) is 27.5 Å². The molecule has 0 saturated carbocycles. The van der Waals surface area contributed by atoms with Crippen LogP contribution in [0.3, 0.4) is 0 Å². The molecular weight excluding hydrogens is 324 g/mol. The fourth-order valence-electron chi connectivity index (χ4n) is 1.74. The van der Waals surface area contributed by atoms with Gasteiger partial charge in [-0.25, -0.2) is 0 Å². The van der Waals surface area contributed by atoms with E-state index in [9.17, 15) is 4.79 Å². The van der Waals surface area contributed by atoms with Gasteiger partial charge in [-0.3, -0.25) is 4.79 Å². The molecule has 0 spiro atoms. The predicted molar refractivity (Wildman–Crippen MR) is 84.3 cm³/mol. The average molecular weight is 337 g/mol. The molecule has 0 radical (unpaired) electrons. The van der Waals surface area contributed by atoms with E-state index in [0.717, 1.165) is 14.6 Å². The van der Waals surface area contributed by atoms with E-state index in [1.54, 1.807) is 0 Å². The lowest BCUT2D eigenvalue weighted by molar-refractivity contribution is 0.0950. The van der Waals surface area contributed by atoms with Gasteiger partial charge in [0, 0.05) is 14.6 Å². The van der Waals surface area contributed by atoms with Crippen LogP contribution in [0.25, 0.3) is 10.1 Å². The molecule has 0 saturated heterocycles. The lowest BCUT2D eigenvalue weighted by Crippen LogP contribution is -2.33. The van der Waals surface area contributed by atoms with E-state index in [1.807, 2.05) is 25.1 Å². The Morgan fingerprint density at radius 2 is 2.37 bits per heavy atom. The number of benzene rings is 1. The molecule has 19 heavy (non-hydrogen) atoms. The molecule has 1 unspecified atom stereocenters. The molecule has 2 aromatic rings. The molecule has 1 aromatic carbocycles. The smallest absolute Gasteiger partial charge is 0.264 e. The van der Waals surface area contributed by atoms with Crippen LogP contribution >= 0.6 is 27.3 Å². The van der Waals surface area contributed by atoms with Gasteiger partial charge in [0.2, 0.25) is 0 Å². The number of halogens is 1. The number of carbonyl (C=O) groups excluding carboxylic acids is 1. The summed E-state index contributed by atoms with van der Waals surface area (Å²) in [6.07, 6.45) is 6.04. The Morgan fingerprint density at radius 3 is 3.00 bits per heavy atom. The lowest BCUT2D eigenvalue weighted by atomic mass is 10.2. The lowest BCUT2D eigenvalue weighted by Gasteiger charge is -2.09. The Balaban J connectivity index is 2.38. The Labute approximate surface area is 124 Å². The largest absolute Gasteiger partial charge is 0.397 e. The molecular formula is C14H13BrN2OS. The van der Waals surface area contributed by atoms with E-state index >= 15 is 0 Å². The van der Waals surface area contributed by atoms with Crippen LogP contribution < -0.4 is 11.1 Å². The van der Waals surface area contributed by atoms with Crippen molar-refractivity contribution in [3.63, 3.8) is 0 Å². The number of amides is 1. The van der Waals surface area contributed by atoms with E-state index < -0.39 is 0 Å². The maximum atomic E-state index is 12.2. The molecule has 1 aromatic heterocycles. The minimum atomic E-state index is -0.260. The van der Waals surface area contributed by atoms with Crippen molar-refractivity contribution in [3.8, 4) is 12.3 Å². The number of hydrogen-bond donors (Lipinski definition) is 2. The van der Waals surface area contributed by atoms with Gasteiger partial charge in [-0.05, 0) is 18.6 Å². The van der Waals surface area contributed by atoms with Gasteiger partial charge >= 0.3 is 0 Å². The molecule has 3 N–H and O–H groups in total. The summed E-state index contributed by atoms with van der Waals surface area (Å²) in [5.41, 5.74) is 6.54. The van der Waals surface area contributed by atoms with Crippen LogP contribution in [-0.4, -0.2) is 11.9 Å². The number of nitrogen functional groups attached to an aromatic ring is 1. The topological polar surface area (TPSA) is 55.1 Å². The van der Waals surface area contributed by atoms with Gasteiger partial charge in [-0.2, -0.15) is 0 Å². The van der Waals surface area contributed by atoms with Crippen molar-refractivity contribution in [1.82, 2.24) is 5.32 Å². The normalized spacial score (nSPS) is 12.1. The van der Waals surface area contributed by atoms with Crippen molar-refractivity contribution >= 4 is 48.9 Å². The number of hydrogen-bond acceptors (Lipinski definition) is 3. The minimum Gasteiger partial charge on any atom is -0.397 e. The number of nitrogens with one attached hydrogen (secondary N) is 1. The second-order valence-corrected chi connectivity index (χ2v) is 6.05. The molecule has 5 heteroatoms. The second-order valence-electron chi connectivity index (χ2n) is 4.09. The van der Waals surface area contributed by atoms with E-state index in [2.05, 4.69) is 27.2 Å². The highest BCUT2D eigenvalue weighted by atomic mass is 79.9. The van der Waals surface area contributed by atoms with Crippen molar-refractivity contribution in [2.75, 3.05) is 5.73 Å². The van der Waals surface area contributed by atoms with Gasteiger partial charge in [-0.1, -0.05) is 34.8 Å². The minimum absolute atomic E-state index is 0.209. The van der Waals surface area contributed by atoms with E-state index in [-0.39, 0.29) is 11.9 Å². The Morgan fingerprint density at radius 1 is 1.63 bits per heavy atom. The summed E-state index contributed by atoms with van der Waals surface area (Å²) in [4.78, 5) is 12.7. The summed E-state index contributed by atoms with van der Waals surface area (Å²) >= 11 is 4.78. The number of carbonyl (C=O) groups is 1. The summed E-state index contributed by atoms with van der Waals surface area (Å²) in [5, 5.41) is 3.69. The fraction of sp³-hybridized carbons (Fsp3) is 0.214. The summed E-state index contributed by atoms with van der Waals surface area (Å²) in [6, 6.07) is 5.50. The monoisotopic (exact) mass is 336 g/mol. The van der Waals surface area contributed by atoms with Crippen molar-refractivity contribution in [1.29, 1.82) is 0 Å². The summed E-state index contributed by atoms with van der Waals surface area (Å²) < 4.78 is 1.94. The molecule has 3 nitrogen and oxygen atoms in total. The first-order valence-corrected chi connectivity index (χ1v) is 7.42. The maximum absolute atomic E-state index is 12.2. The summed E-state index contributed by atoms with van der Waals surface area (Å²) in [5.74, 6) is 2.33. The fourth-order valence-corrected chi connectivity index (χ4v) is 3.32. The third kappa shape index (κ3) is 2.75. The summed E-state index contributed by atoms with van der Waals surface area (Å²) in [6.45, 7) is 1.93. The zero-order chi connectivity index (χ0) is 14.0. The molecule has 1 heterocycles. The SMILES string of the molecule is C#CC(CC)NC(=O)c1sc2cc(Br)ccc2c1N. The molecule has 98 valence electrons. The molecule has 0 bridgehead atoms. The highest BCUT2D eigenvalue weighted by molar-refractivity contribution is 9.10. The van der Waals surface area contributed by atoms with E-state index in [4.69, 9.17) is 12.2 Å². The third-order valence-electron chi connectivity index (χ3n) is 2.81. The molecule has 2 rings (SSSR count). The van der Waals surface area contributed by atoms with Crippen LogP contribution in [0, 0.1) is 12.3 Å². The Hall–Kier alpha value is -1.51. The number of anilines is 1. The first-order chi connectivity index (χ1) is 9.06. The van der Waals surface area contributed by atoms with Crippen molar-refractivity contribution < 1.29 is 4.79 Å². The molecule has 0 aliphatic carbocycles. The first-order valence-electron chi connectivity index (χ1n) is 5.81. The molecule has 1 atom stereocenters. The first kappa shape index (κ1) is 13.9. The van der Waals surface area contributed by atoms with Crippen LogP contribution in [0.1, 0.15) is 23.0 Å². The molecule has 0 aliphatic heterocycles. The number of rotatable bonds is 3. The van der Waals surface area contributed by atoms with Gasteiger partial charge < -0.3 is 11.1 Å². The van der Waals surface area contributed by atoms with Gasteiger partial charge in [0.25, 0.3) is 5.91 Å². The number of terminal acetylenes is 1. The number of fused-ring (bicyclic) bond motifs is 1. The van der Waals surface area contributed by atoms with Gasteiger partial charge in [-0.15, -0.1) is 17.8 Å². The average Bonchev–Trinajstić information content (AvgIpc) is 2.72. The standard InChI is InChI=1S/C14H13BrN2OS/c1-3-9(4-2)17-14(18)13-12(16)10-6-5-8(15)7-11(10)19-13/h1,5-7,9H,4,16H2,2H3,(H,17,18). The van der Waals surface area contributed by atoms with Gasteiger partial charge in [0.05, 0.1) is 11.7 Å². The zero-order valence-electron chi connectivity index (χ0n) is 10.4. The zero-order valence-corrected chi connectivity index (χ0v) is 12.8. The summed E-state index contributed by atoms with van der Waals surface area (Å²) in [7, 11) is 0. The van der Waals surface area contributed by atoms with Crippen LogP contribution in [0.15, 0.2) is 22.7 Å². The highest BCUT2D eigenvalue weighted by Gasteiger charge is 2.18. The van der Waals surface area contributed by atoms with Gasteiger partial charge in [0.1, 0.15) is 4.88 Å². The van der Waals surface area contributed by atoms with E-state index in [1.165, 1.54) is 11.3 Å². The van der Waals surface area contributed by atoms with E-state index in [0.29, 0.717) is 17.0 Å². The third-order valence-corrected chi connectivity index (χ3v) is 4.47. The molecule has 0 aliphatic rings. The molecule has 0 fully saturated rings. The van der Waals surface area contributed by atoms with Crippen molar-refractivity contribution in [2.45, 2.75) is 19.4 Å². The predicted octanol–water partition coefficient (Wildman–Crippen LogP) is 3.39. The maximum Gasteiger partial charge on any atom is 0.264 e. The van der Waals surface area contributed by atoms with Gasteiger partial charge in [0.15, 0.2) is 0 Å². The molecule has 1 amide bonds. The van der Waals surface area contributed by atoms with Crippen LogP contribution in [-0.2, 0) is 0 Å². The quantitative estimate of drug-likeness (QED) is 0.844. The highest BCUT2D eigenvalue weighted by Crippen LogP contribution is 2.35. The Kier molecular flexibility index (Phi) is 4.13. The van der Waals surface area contributed by atoms with Crippen LogP contribution in [0.5, 0.6) is 0 Å². The number of nitrogens with two attached hydrogens (primary N) is 1.